The Hall–Kier alpha value is -1.75. The van der Waals surface area contributed by atoms with Gasteiger partial charge in [0.25, 0.3) is 0 Å². The largest absolute Gasteiger partial charge is 0.486 e. The molecule has 2 aliphatic rings. The lowest BCUT2D eigenvalue weighted by molar-refractivity contribution is -0.122. The molecular weight excluding hydrogens is 304 g/mol. The molecule has 1 saturated carbocycles. The Morgan fingerprint density at radius 1 is 1.21 bits per heavy atom. The van der Waals surface area contributed by atoms with Gasteiger partial charge in [-0.15, -0.1) is 0 Å². The average molecular weight is 332 g/mol. The molecule has 0 bridgehead atoms. The molecule has 0 aromatic heterocycles. The highest BCUT2D eigenvalue weighted by Gasteiger charge is 2.22. The van der Waals surface area contributed by atoms with E-state index in [0.29, 0.717) is 19.1 Å². The molecule has 0 radical (unpaired) electrons. The molecule has 24 heavy (non-hydrogen) atoms. The van der Waals surface area contributed by atoms with Crippen molar-refractivity contribution in [2.75, 3.05) is 26.7 Å². The van der Waals surface area contributed by atoms with E-state index in [1.807, 2.05) is 31.3 Å². The van der Waals surface area contributed by atoms with Crippen LogP contribution in [0.5, 0.6) is 11.5 Å². The number of nitrogens with one attached hydrogen (secondary N) is 1. The first-order chi connectivity index (χ1) is 11.7. The van der Waals surface area contributed by atoms with E-state index in [1.54, 1.807) is 0 Å². The number of fused-ring (bicyclic) bond motifs is 1. The Morgan fingerprint density at radius 3 is 2.75 bits per heavy atom. The van der Waals surface area contributed by atoms with Gasteiger partial charge in [0.15, 0.2) is 11.5 Å². The first-order valence-electron chi connectivity index (χ1n) is 9.07. The standard InChI is InChI=1S/C19H28N2O3/c1-21(12-11-19(22)20-15-7-3-2-4-8-15)13-16-14-23-17-9-5-6-10-18(17)24-16/h5-6,9-10,15-16H,2-4,7-8,11-14H2,1H3,(H,20,22)/t16-/m0/s1. The summed E-state index contributed by atoms with van der Waals surface area (Å²) in [6.45, 7) is 2.04. The summed E-state index contributed by atoms with van der Waals surface area (Å²) in [7, 11) is 2.03. The topological polar surface area (TPSA) is 50.8 Å². The van der Waals surface area contributed by atoms with Gasteiger partial charge < -0.3 is 19.7 Å². The van der Waals surface area contributed by atoms with Crippen molar-refractivity contribution in [1.82, 2.24) is 10.2 Å². The van der Waals surface area contributed by atoms with Crippen LogP contribution in [0.1, 0.15) is 38.5 Å². The molecule has 1 aliphatic heterocycles. The second kappa shape index (κ2) is 8.38. The lowest BCUT2D eigenvalue weighted by atomic mass is 9.95. The summed E-state index contributed by atoms with van der Waals surface area (Å²) >= 11 is 0. The third kappa shape index (κ3) is 4.87. The second-order valence-electron chi connectivity index (χ2n) is 6.91. The van der Waals surface area contributed by atoms with Crippen LogP contribution in [0.25, 0.3) is 0 Å². The SMILES string of the molecule is CN(CCC(=O)NC1CCCCC1)C[C@H]1COc2ccccc2O1. The van der Waals surface area contributed by atoms with E-state index in [9.17, 15) is 4.79 Å². The maximum absolute atomic E-state index is 12.1. The fourth-order valence-corrected chi connectivity index (χ4v) is 3.43. The smallest absolute Gasteiger partial charge is 0.221 e. The molecule has 0 saturated heterocycles. The Bertz CT molecular complexity index is 543. The van der Waals surface area contributed by atoms with Crippen molar-refractivity contribution in [3.8, 4) is 11.5 Å². The summed E-state index contributed by atoms with van der Waals surface area (Å²) in [5.74, 6) is 1.78. The number of hydrogen-bond donors (Lipinski definition) is 1. The van der Waals surface area contributed by atoms with E-state index in [1.165, 1.54) is 19.3 Å². The van der Waals surface area contributed by atoms with Crippen molar-refractivity contribution < 1.29 is 14.3 Å². The first-order valence-corrected chi connectivity index (χ1v) is 9.07. The number of hydrogen-bond acceptors (Lipinski definition) is 4. The van der Waals surface area contributed by atoms with Crippen LogP contribution < -0.4 is 14.8 Å². The van der Waals surface area contributed by atoms with E-state index in [0.717, 1.165) is 37.4 Å². The van der Waals surface area contributed by atoms with Gasteiger partial charge in [0.2, 0.25) is 5.91 Å². The molecule has 5 heteroatoms. The summed E-state index contributed by atoms with van der Waals surface area (Å²) in [5.41, 5.74) is 0. The Kier molecular flexibility index (Phi) is 5.96. The van der Waals surface area contributed by atoms with E-state index in [2.05, 4.69) is 10.2 Å². The molecule has 0 unspecified atom stereocenters. The van der Waals surface area contributed by atoms with E-state index < -0.39 is 0 Å². The Balaban J connectivity index is 1.36. The van der Waals surface area contributed by atoms with Gasteiger partial charge in [-0.3, -0.25) is 4.79 Å². The van der Waals surface area contributed by atoms with Gasteiger partial charge in [-0.1, -0.05) is 31.4 Å². The van der Waals surface area contributed by atoms with Crippen LogP contribution in [0.2, 0.25) is 0 Å². The van der Waals surface area contributed by atoms with E-state index in [-0.39, 0.29) is 12.0 Å². The number of benzene rings is 1. The predicted molar refractivity (Wildman–Crippen MR) is 93.5 cm³/mol. The molecule has 1 atom stereocenters. The van der Waals surface area contributed by atoms with Gasteiger partial charge in [0, 0.05) is 25.6 Å². The quantitative estimate of drug-likeness (QED) is 0.870. The van der Waals surface area contributed by atoms with Crippen molar-refractivity contribution in [3.63, 3.8) is 0 Å². The molecule has 1 amide bonds. The number of carbonyl (C=O) groups excluding carboxylic acids is 1. The normalized spacial score (nSPS) is 20.8. The molecule has 1 aromatic carbocycles. The van der Waals surface area contributed by atoms with Crippen molar-refractivity contribution in [1.29, 1.82) is 0 Å². The van der Waals surface area contributed by atoms with Crippen LogP contribution in [-0.2, 0) is 4.79 Å². The number of likely N-dealkylation sites (N-methyl/N-ethyl adjacent to an activating group) is 1. The monoisotopic (exact) mass is 332 g/mol. The van der Waals surface area contributed by atoms with Gasteiger partial charge in [0.05, 0.1) is 0 Å². The van der Waals surface area contributed by atoms with Crippen molar-refractivity contribution in [3.05, 3.63) is 24.3 Å². The zero-order chi connectivity index (χ0) is 16.8. The number of para-hydroxylation sites is 2. The number of ether oxygens (including phenoxy) is 2. The minimum atomic E-state index is 0.00584. The molecule has 1 fully saturated rings. The number of rotatable bonds is 6. The summed E-state index contributed by atoms with van der Waals surface area (Å²) in [6, 6.07) is 8.14. The van der Waals surface area contributed by atoms with Gasteiger partial charge in [-0.05, 0) is 32.0 Å². The van der Waals surface area contributed by atoms with Crippen molar-refractivity contribution >= 4 is 5.91 Å². The van der Waals surface area contributed by atoms with Gasteiger partial charge in [-0.2, -0.15) is 0 Å². The molecule has 1 aromatic rings. The zero-order valence-corrected chi connectivity index (χ0v) is 14.5. The molecule has 0 spiro atoms. The highest BCUT2D eigenvalue weighted by atomic mass is 16.6. The molecule has 132 valence electrons. The van der Waals surface area contributed by atoms with E-state index >= 15 is 0 Å². The summed E-state index contributed by atoms with van der Waals surface area (Å²) in [4.78, 5) is 14.2. The maximum atomic E-state index is 12.1. The number of carbonyl (C=O) groups is 1. The zero-order valence-electron chi connectivity index (χ0n) is 14.5. The molecule has 5 nitrogen and oxygen atoms in total. The minimum absolute atomic E-state index is 0.00584. The third-order valence-electron chi connectivity index (χ3n) is 4.77. The van der Waals surface area contributed by atoms with Gasteiger partial charge >= 0.3 is 0 Å². The molecule has 3 rings (SSSR count). The van der Waals surface area contributed by atoms with Crippen LogP contribution in [0.15, 0.2) is 24.3 Å². The fraction of sp³-hybridized carbons (Fsp3) is 0.632. The average Bonchev–Trinajstić information content (AvgIpc) is 2.61. The van der Waals surface area contributed by atoms with E-state index in [4.69, 9.17) is 9.47 Å². The third-order valence-corrected chi connectivity index (χ3v) is 4.77. The van der Waals surface area contributed by atoms with Crippen molar-refractivity contribution in [2.24, 2.45) is 0 Å². The lowest BCUT2D eigenvalue weighted by Gasteiger charge is -2.29. The fourth-order valence-electron chi connectivity index (χ4n) is 3.43. The first kappa shape index (κ1) is 17.1. The van der Waals surface area contributed by atoms with Crippen LogP contribution in [0, 0.1) is 0 Å². The highest BCUT2D eigenvalue weighted by molar-refractivity contribution is 5.76. The number of amides is 1. The molecule has 1 N–H and O–H groups in total. The lowest BCUT2D eigenvalue weighted by Crippen LogP contribution is -2.41. The highest BCUT2D eigenvalue weighted by Crippen LogP contribution is 2.30. The minimum Gasteiger partial charge on any atom is -0.486 e. The van der Waals surface area contributed by atoms with Crippen LogP contribution >= 0.6 is 0 Å². The molecular formula is C19H28N2O3. The van der Waals surface area contributed by atoms with Crippen LogP contribution in [-0.4, -0.2) is 49.7 Å². The second-order valence-corrected chi connectivity index (χ2v) is 6.91. The molecule has 1 heterocycles. The van der Waals surface area contributed by atoms with Gasteiger partial charge in [0.1, 0.15) is 12.7 Å². The van der Waals surface area contributed by atoms with Crippen LogP contribution in [0.4, 0.5) is 0 Å². The van der Waals surface area contributed by atoms with Gasteiger partial charge in [-0.25, -0.2) is 0 Å². The maximum Gasteiger partial charge on any atom is 0.221 e. The summed E-state index contributed by atoms with van der Waals surface area (Å²) in [5, 5.41) is 3.17. The Morgan fingerprint density at radius 2 is 1.96 bits per heavy atom. The Labute approximate surface area is 144 Å². The summed E-state index contributed by atoms with van der Waals surface area (Å²) < 4.78 is 11.7. The summed E-state index contributed by atoms with van der Waals surface area (Å²) in [6.07, 6.45) is 6.60. The van der Waals surface area contributed by atoms with Crippen LogP contribution in [0.3, 0.4) is 0 Å². The predicted octanol–water partition coefficient (Wildman–Crippen LogP) is 2.60. The molecule has 1 aliphatic carbocycles. The number of nitrogens with zero attached hydrogens (tertiary/aromatic N) is 1. The van der Waals surface area contributed by atoms with Crippen molar-refractivity contribution in [2.45, 2.75) is 50.7 Å².